The van der Waals surface area contributed by atoms with E-state index in [1.807, 2.05) is 0 Å². The molecule has 0 saturated heterocycles. The number of halogens is 3. The molecule has 3 aromatic rings. The lowest BCUT2D eigenvalue weighted by atomic mass is 9.78. The van der Waals surface area contributed by atoms with Crippen LogP contribution in [0.5, 0.6) is 0 Å². The highest BCUT2D eigenvalue weighted by Crippen LogP contribution is 2.49. The average Bonchev–Trinajstić information content (AvgIpc) is 3.43. The molecule has 0 radical (unpaired) electrons. The Labute approximate surface area is 177 Å². The van der Waals surface area contributed by atoms with E-state index in [1.54, 1.807) is 11.6 Å². The van der Waals surface area contributed by atoms with Crippen LogP contribution in [0.1, 0.15) is 43.6 Å². The van der Waals surface area contributed by atoms with Gasteiger partial charge in [-0.2, -0.15) is 13.2 Å². The minimum absolute atomic E-state index is 0.250. The summed E-state index contributed by atoms with van der Waals surface area (Å²) in [4.78, 5) is 8.60. The summed E-state index contributed by atoms with van der Waals surface area (Å²) in [6.07, 6.45) is 5.86. The summed E-state index contributed by atoms with van der Waals surface area (Å²) in [7, 11) is 0. The van der Waals surface area contributed by atoms with Gasteiger partial charge in [-0.25, -0.2) is 9.97 Å². The van der Waals surface area contributed by atoms with E-state index >= 15 is 0 Å². The Kier molecular flexibility index (Phi) is 4.96. The normalized spacial score (nSPS) is 26.4. The molecule has 2 fully saturated rings. The maximum atomic E-state index is 13.4. The monoisotopic (exact) mass is 432 g/mol. The first-order chi connectivity index (χ1) is 14.4. The van der Waals surface area contributed by atoms with Gasteiger partial charge in [0.1, 0.15) is 10.5 Å². The van der Waals surface area contributed by atoms with E-state index in [9.17, 15) is 13.2 Å². The Hall–Kier alpha value is -2.15. The van der Waals surface area contributed by atoms with Crippen LogP contribution in [0.25, 0.3) is 21.7 Å². The number of oxazole rings is 1. The van der Waals surface area contributed by atoms with Gasteiger partial charge < -0.3 is 4.42 Å². The van der Waals surface area contributed by atoms with Gasteiger partial charge in [-0.1, -0.05) is 6.08 Å². The van der Waals surface area contributed by atoms with Crippen LogP contribution in [0.2, 0.25) is 0 Å². The molecule has 4 unspecified atom stereocenters. The summed E-state index contributed by atoms with van der Waals surface area (Å²) >= 11 is 1.29. The van der Waals surface area contributed by atoms with Gasteiger partial charge in [0.05, 0.1) is 11.1 Å². The molecule has 0 N–H and O–H groups in total. The van der Waals surface area contributed by atoms with Crippen LogP contribution in [0.4, 0.5) is 13.2 Å². The molecule has 0 spiro atoms. The van der Waals surface area contributed by atoms with Crippen LogP contribution in [0.15, 0.2) is 40.8 Å². The molecule has 2 aliphatic rings. The zero-order valence-electron chi connectivity index (χ0n) is 16.5. The molecular formula is C23H23F3N2OS. The van der Waals surface area contributed by atoms with Crippen LogP contribution in [-0.4, -0.2) is 9.97 Å². The number of alkyl halides is 3. The molecule has 0 amide bonds. The molecule has 2 aromatic heterocycles. The lowest BCUT2D eigenvalue weighted by molar-refractivity contribution is -0.137. The van der Waals surface area contributed by atoms with E-state index in [1.165, 1.54) is 37.0 Å². The predicted molar refractivity (Wildman–Crippen MR) is 111 cm³/mol. The Bertz CT molecular complexity index is 1060. The molecule has 2 aliphatic carbocycles. The lowest BCUT2D eigenvalue weighted by Gasteiger charge is -2.28. The summed E-state index contributed by atoms with van der Waals surface area (Å²) in [6, 6.07) is 2.19. The van der Waals surface area contributed by atoms with Crippen molar-refractivity contribution < 1.29 is 17.6 Å². The van der Waals surface area contributed by atoms with Gasteiger partial charge in [0.2, 0.25) is 0 Å². The summed E-state index contributed by atoms with van der Waals surface area (Å²) < 4.78 is 46.1. The van der Waals surface area contributed by atoms with Crippen molar-refractivity contribution in [3.05, 3.63) is 47.8 Å². The molecule has 7 heteroatoms. The third-order valence-corrected chi connectivity index (χ3v) is 7.55. The first-order valence-corrected chi connectivity index (χ1v) is 11.3. The maximum Gasteiger partial charge on any atom is 0.416 e. The van der Waals surface area contributed by atoms with Crippen molar-refractivity contribution in [3.8, 4) is 10.6 Å². The van der Waals surface area contributed by atoms with E-state index in [4.69, 9.17) is 4.42 Å². The molecule has 2 bridgehead atoms. The van der Waals surface area contributed by atoms with Crippen molar-refractivity contribution in [2.45, 2.75) is 44.7 Å². The van der Waals surface area contributed by atoms with Crippen molar-refractivity contribution in [1.82, 2.24) is 9.97 Å². The number of hydrogen-bond donors (Lipinski definition) is 0. The number of hydrogen-bond acceptors (Lipinski definition) is 4. The van der Waals surface area contributed by atoms with Crippen LogP contribution in [-0.2, 0) is 12.6 Å². The third kappa shape index (κ3) is 3.68. The minimum Gasteiger partial charge on any atom is -0.440 e. The third-order valence-electron chi connectivity index (χ3n) is 6.74. The van der Waals surface area contributed by atoms with E-state index < -0.39 is 11.7 Å². The topological polar surface area (TPSA) is 38.9 Å². The Balaban J connectivity index is 1.40. The second kappa shape index (κ2) is 7.52. The van der Waals surface area contributed by atoms with Crippen LogP contribution in [0.3, 0.4) is 0 Å². The molecule has 2 heterocycles. The number of nitrogens with zero attached hydrogens (tertiary/aromatic N) is 2. The highest BCUT2D eigenvalue weighted by molar-refractivity contribution is 7.13. The Morgan fingerprint density at radius 3 is 2.80 bits per heavy atom. The Morgan fingerprint density at radius 2 is 2.07 bits per heavy atom. The number of aryl methyl sites for hydroxylation is 1. The van der Waals surface area contributed by atoms with Gasteiger partial charge in [-0.3, -0.25) is 0 Å². The zero-order chi connectivity index (χ0) is 20.9. The summed E-state index contributed by atoms with van der Waals surface area (Å²) in [5, 5.41) is 2.25. The average molecular weight is 433 g/mol. The van der Waals surface area contributed by atoms with E-state index in [2.05, 4.69) is 22.6 Å². The largest absolute Gasteiger partial charge is 0.440 e. The quantitative estimate of drug-likeness (QED) is 0.402. The van der Waals surface area contributed by atoms with Gasteiger partial charge in [0.25, 0.3) is 0 Å². The smallest absolute Gasteiger partial charge is 0.416 e. The van der Waals surface area contributed by atoms with Crippen molar-refractivity contribution >= 4 is 22.4 Å². The second-order valence-corrected chi connectivity index (χ2v) is 9.58. The first kappa shape index (κ1) is 19.8. The summed E-state index contributed by atoms with van der Waals surface area (Å²) in [5.74, 6) is 3.30. The number of thiazole rings is 1. The van der Waals surface area contributed by atoms with Crippen LogP contribution >= 0.6 is 11.3 Å². The first-order valence-electron chi connectivity index (χ1n) is 10.4. The molecule has 30 heavy (non-hydrogen) atoms. The fourth-order valence-electron chi connectivity index (χ4n) is 5.45. The molecule has 0 aliphatic heterocycles. The fourth-order valence-corrected chi connectivity index (χ4v) is 6.10. The molecule has 5 rings (SSSR count). The SMILES string of the molecule is C=CC1CC2CC(CCc3nc4cc(C(F)(F)F)cc(-c5nccs5)c4o3)CC1C2. The second-order valence-electron chi connectivity index (χ2n) is 8.69. The fraction of sp³-hybridized carbons (Fsp3) is 0.478. The molecule has 2 saturated carbocycles. The number of aromatic nitrogens is 2. The maximum absolute atomic E-state index is 13.4. The van der Waals surface area contributed by atoms with Gasteiger partial charge in [-0.05, 0) is 67.9 Å². The lowest BCUT2D eigenvalue weighted by Crippen LogP contribution is -2.17. The van der Waals surface area contributed by atoms with Crippen molar-refractivity contribution in [2.75, 3.05) is 0 Å². The van der Waals surface area contributed by atoms with Gasteiger partial charge >= 0.3 is 6.18 Å². The number of allylic oxidation sites excluding steroid dienone is 1. The summed E-state index contributed by atoms with van der Waals surface area (Å²) in [5.41, 5.74) is 0.279. The van der Waals surface area contributed by atoms with E-state index in [-0.39, 0.29) is 5.52 Å². The molecule has 3 nitrogen and oxygen atoms in total. The van der Waals surface area contributed by atoms with Gasteiger partial charge in [0.15, 0.2) is 11.5 Å². The molecular weight excluding hydrogens is 409 g/mol. The number of rotatable bonds is 5. The number of fused-ring (bicyclic) bond motifs is 3. The molecule has 158 valence electrons. The number of benzene rings is 1. The van der Waals surface area contributed by atoms with E-state index in [0.29, 0.717) is 40.3 Å². The highest BCUT2D eigenvalue weighted by atomic mass is 32.1. The van der Waals surface area contributed by atoms with E-state index in [0.717, 1.165) is 30.4 Å². The van der Waals surface area contributed by atoms with Crippen LogP contribution < -0.4 is 0 Å². The predicted octanol–water partition coefficient (Wildman–Crippen LogP) is 7.14. The van der Waals surface area contributed by atoms with Crippen molar-refractivity contribution in [1.29, 1.82) is 0 Å². The van der Waals surface area contributed by atoms with Gasteiger partial charge in [-0.15, -0.1) is 17.9 Å². The standard InChI is InChI=1S/C23H23F3N2OS/c1-2-15-9-14-7-13(8-16(15)10-14)3-4-20-28-19-12-17(23(24,25)26)11-18(21(19)29-20)22-27-5-6-30-22/h2,5-6,11-16H,1,3-4,7-10H2. The summed E-state index contributed by atoms with van der Waals surface area (Å²) in [6.45, 7) is 3.99. The van der Waals surface area contributed by atoms with Gasteiger partial charge in [0, 0.05) is 18.0 Å². The molecule has 1 aromatic carbocycles. The highest BCUT2D eigenvalue weighted by Gasteiger charge is 2.39. The van der Waals surface area contributed by atoms with Crippen molar-refractivity contribution in [3.63, 3.8) is 0 Å². The minimum atomic E-state index is -4.44. The zero-order valence-corrected chi connectivity index (χ0v) is 17.3. The molecule has 4 atom stereocenters. The Morgan fingerprint density at radius 1 is 1.20 bits per heavy atom. The van der Waals surface area contributed by atoms with Crippen molar-refractivity contribution in [2.24, 2.45) is 23.7 Å². The van der Waals surface area contributed by atoms with Crippen LogP contribution in [0, 0.1) is 23.7 Å².